The third kappa shape index (κ3) is 2.74. The maximum atomic E-state index is 11.7. The molecule has 0 aromatic heterocycles. The molecule has 15 heavy (non-hydrogen) atoms. The highest BCUT2D eigenvalue weighted by molar-refractivity contribution is 7.91. The molecule has 0 aliphatic heterocycles. The van der Waals surface area contributed by atoms with Gasteiger partial charge in [0.25, 0.3) is 0 Å². The van der Waals surface area contributed by atoms with Crippen LogP contribution in [0.2, 0.25) is 0 Å². The zero-order valence-electron chi connectivity index (χ0n) is 8.53. The van der Waals surface area contributed by atoms with E-state index in [-0.39, 0.29) is 5.75 Å². The minimum Gasteiger partial charge on any atom is -0.373 e. The molecule has 1 N–H and O–H groups in total. The SMILES string of the molecule is C#CCNc1ccccc1S(=O)(=O)CC. The van der Waals surface area contributed by atoms with Crippen LogP contribution in [0, 0.1) is 12.3 Å². The van der Waals surface area contributed by atoms with E-state index >= 15 is 0 Å². The highest BCUT2D eigenvalue weighted by Gasteiger charge is 2.15. The summed E-state index contributed by atoms with van der Waals surface area (Å²) in [6.07, 6.45) is 5.11. The van der Waals surface area contributed by atoms with Gasteiger partial charge in [0.15, 0.2) is 9.84 Å². The molecule has 0 unspecified atom stereocenters. The highest BCUT2D eigenvalue weighted by Crippen LogP contribution is 2.21. The van der Waals surface area contributed by atoms with Crippen molar-refractivity contribution in [2.45, 2.75) is 11.8 Å². The van der Waals surface area contributed by atoms with Gasteiger partial charge in [-0.05, 0) is 12.1 Å². The molecule has 3 nitrogen and oxygen atoms in total. The number of hydrogen-bond donors (Lipinski definition) is 1. The van der Waals surface area contributed by atoms with Gasteiger partial charge in [0, 0.05) is 0 Å². The van der Waals surface area contributed by atoms with E-state index in [0.29, 0.717) is 17.1 Å². The van der Waals surface area contributed by atoms with Crippen molar-refractivity contribution in [2.75, 3.05) is 17.6 Å². The normalized spacial score (nSPS) is 10.7. The minimum atomic E-state index is -3.19. The maximum absolute atomic E-state index is 11.7. The summed E-state index contributed by atoms with van der Waals surface area (Å²) in [7, 11) is -3.19. The van der Waals surface area contributed by atoms with Gasteiger partial charge in [-0.1, -0.05) is 25.0 Å². The smallest absolute Gasteiger partial charge is 0.180 e. The molecule has 1 aromatic carbocycles. The van der Waals surface area contributed by atoms with E-state index in [0.717, 1.165) is 0 Å². The Morgan fingerprint density at radius 2 is 2.07 bits per heavy atom. The summed E-state index contributed by atoms with van der Waals surface area (Å²) in [5.41, 5.74) is 0.567. The van der Waals surface area contributed by atoms with E-state index < -0.39 is 9.84 Å². The molecule has 0 radical (unpaired) electrons. The molecule has 0 fully saturated rings. The summed E-state index contributed by atoms with van der Waals surface area (Å²) < 4.78 is 23.4. The second kappa shape index (κ2) is 4.85. The van der Waals surface area contributed by atoms with E-state index in [9.17, 15) is 8.42 Å². The van der Waals surface area contributed by atoms with Crippen LogP contribution in [0.3, 0.4) is 0 Å². The molecular weight excluding hydrogens is 210 g/mol. The second-order valence-corrected chi connectivity index (χ2v) is 5.20. The Morgan fingerprint density at radius 3 is 2.67 bits per heavy atom. The quantitative estimate of drug-likeness (QED) is 0.787. The monoisotopic (exact) mass is 223 g/mol. The summed E-state index contributed by atoms with van der Waals surface area (Å²) >= 11 is 0. The molecule has 0 aliphatic rings. The third-order valence-corrected chi connectivity index (χ3v) is 3.77. The molecule has 0 saturated heterocycles. The van der Waals surface area contributed by atoms with Gasteiger partial charge in [-0.3, -0.25) is 0 Å². The van der Waals surface area contributed by atoms with E-state index in [1.165, 1.54) is 0 Å². The first-order chi connectivity index (χ1) is 7.11. The maximum Gasteiger partial charge on any atom is 0.180 e. The Morgan fingerprint density at radius 1 is 1.40 bits per heavy atom. The third-order valence-electron chi connectivity index (χ3n) is 1.98. The largest absolute Gasteiger partial charge is 0.373 e. The number of nitrogens with one attached hydrogen (secondary N) is 1. The number of rotatable bonds is 4. The summed E-state index contributed by atoms with van der Waals surface area (Å²) in [5, 5.41) is 2.89. The summed E-state index contributed by atoms with van der Waals surface area (Å²) in [6.45, 7) is 1.93. The first-order valence-electron chi connectivity index (χ1n) is 4.61. The first kappa shape index (κ1) is 11.6. The van der Waals surface area contributed by atoms with Crippen LogP contribution in [0.5, 0.6) is 0 Å². The fourth-order valence-electron chi connectivity index (χ4n) is 1.19. The zero-order chi connectivity index (χ0) is 11.3. The average molecular weight is 223 g/mol. The molecule has 0 saturated carbocycles. The lowest BCUT2D eigenvalue weighted by Gasteiger charge is -2.09. The number of benzene rings is 1. The van der Waals surface area contributed by atoms with Crippen molar-refractivity contribution in [1.29, 1.82) is 0 Å². The van der Waals surface area contributed by atoms with Gasteiger partial charge >= 0.3 is 0 Å². The average Bonchev–Trinajstić information content (AvgIpc) is 2.26. The first-order valence-corrected chi connectivity index (χ1v) is 6.26. The van der Waals surface area contributed by atoms with Crippen LogP contribution in [0.1, 0.15) is 6.92 Å². The number of terminal acetylenes is 1. The fraction of sp³-hybridized carbons (Fsp3) is 0.273. The van der Waals surface area contributed by atoms with Gasteiger partial charge < -0.3 is 5.32 Å². The zero-order valence-corrected chi connectivity index (χ0v) is 9.34. The summed E-state index contributed by atoms with van der Waals surface area (Å²) in [5.74, 6) is 2.49. The van der Waals surface area contributed by atoms with Crippen LogP contribution in [0.15, 0.2) is 29.2 Å². The van der Waals surface area contributed by atoms with Gasteiger partial charge in [0.2, 0.25) is 0 Å². The Labute approximate surface area is 90.4 Å². The molecular formula is C11H13NO2S. The van der Waals surface area contributed by atoms with Crippen LogP contribution in [-0.4, -0.2) is 20.7 Å². The van der Waals surface area contributed by atoms with Crippen LogP contribution >= 0.6 is 0 Å². The topological polar surface area (TPSA) is 46.2 Å². The van der Waals surface area contributed by atoms with E-state index in [1.807, 2.05) is 0 Å². The molecule has 0 atom stereocenters. The van der Waals surface area contributed by atoms with Gasteiger partial charge in [0.1, 0.15) is 0 Å². The Hall–Kier alpha value is -1.47. The summed E-state index contributed by atoms with van der Waals surface area (Å²) in [4.78, 5) is 0.308. The Kier molecular flexibility index (Phi) is 3.75. The molecule has 0 heterocycles. The van der Waals surface area contributed by atoms with Crippen LogP contribution in [0.25, 0.3) is 0 Å². The molecule has 1 aromatic rings. The Bertz CT molecular complexity index is 472. The molecule has 0 amide bonds. The van der Waals surface area contributed by atoms with E-state index in [1.54, 1.807) is 31.2 Å². The van der Waals surface area contributed by atoms with Crippen LogP contribution in [-0.2, 0) is 9.84 Å². The van der Waals surface area contributed by atoms with Crippen molar-refractivity contribution in [3.05, 3.63) is 24.3 Å². The van der Waals surface area contributed by atoms with Gasteiger partial charge in [-0.25, -0.2) is 8.42 Å². The van der Waals surface area contributed by atoms with Crippen molar-refractivity contribution in [2.24, 2.45) is 0 Å². The van der Waals surface area contributed by atoms with Gasteiger partial charge in [-0.15, -0.1) is 6.42 Å². The molecule has 0 aliphatic carbocycles. The fourth-order valence-corrected chi connectivity index (χ4v) is 2.26. The van der Waals surface area contributed by atoms with Crippen molar-refractivity contribution in [1.82, 2.24) is 0 Å². The number of hydrogen-bond acceptors (Lipinski definition) is 3. The number of para-hydroxylation sites is 1. The van der Waals surface area contributed by atoms with E-state index in [2.05, 4.69) is 11.2 Å². The van der Waals surface area contributed by atoms with Crippen molar-refractivity contribution < 1.29 is 8.42 Å². The minimum absolute atomic E-state index is 0.0851. The molecule has 80 valence electrons. The Balaban J connectivity index is 3.13. The number of sulfone groups is 1. The van der Waals surface area contributed by atoms with Crippen LogP contribution in [0.4, 0.5) is 5.69 Å². The standard InChI is InChI=1S/C11H13NO2S/c1-3-9-12-10-7-5-6-8-11(10)15(13,14)4-2/h1,5-8,12H,4,9H2,2H3. The number of anilines is 1. The molecule has 0 spiro atoms. The lowest BCUT2D eigenvalue weighted by Crippen LogP contribution is -2.09. The predicted molar refractivity (Wildman–Crippen MR) is 61.5 cm³/mol. The highest BCUT2D eigenvalue weighted by atomic mass is 32.2. The van der Waals surface area contributed by atoms with Crippen molar-refractivity contribution >= 4 is 15.5 Å². The lowest BCUT2D eigenvalue weighted by atomic mass is 10.3. The molecule has 0 bridgehead atoms. The second-order valence-electron chi connectivity index (χ2n) is 2.96. The summed E-state index contributed by atoms with van der Waals surface area (Å²) in [6, 6.07) is 6.76. The van der Waals surface area contributed by atoms with Crippen molar-refractivity contribution in [3.63, 3.8) is 0 Å². The van der Waals surface area contributed by atoms with Gasteiger partial charge in [0.05, 0.1) is 22.9 Å². The van der Waals surface area contributed by atoms with E-state index in [4.69, 9.17) is 6.42 Å². The lowest BCUT2D eigenvalue weighted by molar-refractivity contribution is 0.597. The van der Waals surface area contributed by atoms with Crippen LogP contribution < -0.4 is 5.32 Å². The van der Waals surface area contributed by atoms with Crippen molar-refractivity contribution in [3.8, 4) is 12.3 Å². The molecule has 1 rings (SSSR count). The molecule has 4 heteroatoms. The van der Waals surface area contributed by atoms with Gasteiger partial charge in [-0.2, -0.15) is 0 Å². The predicted octanol–water partition coefficient (Wildman–Crippen LogP) is 1.53.